The first-order chi connectivity index (χ1) is 7.71. The Bertz CT molecular complexity index is 325. The van der Waals surface area contributed by atoms with E-state index in [9.17, 15) is 5.11 Å². The van der Waals surface area contributed by atoms with Crippen molar-refractivity contribution < 1.29 is 14.6 Å². The molecule has 88 valence electrons. The van der Waals surface area contributed by atoms with Crippen molar-refractivity contribution in [3.8, 4) is 0 Å². The number of ether oxygens (including phenoxy) is 2. The maximum atomic E-state index is 9.74. The highest BCUT2D eigenvalue weighted by Crippen LogP contribution is 2.26. The third-order valence-corrected chi connectivity index (χ3v) is 3.03. The highest BCUT2D eigenvalue weighted by Gasteiger charge is 2.39. The summed E-state index contributed by atoms with van der Waals surface area (Å²) in [4.78, 5) is 0. The summed E-state index contributed by atoms with van der Waals surface area (Å²) in [6, 6.07) is 10.00. The minimum Gasteiger partial charge on any atom is -0.390 e. The molecule has 1 aliphatic rings. The summed E-state index contributed by atoms with van der Waals surface area (Å²) in [6.07, 6.45) is 0.286. The fourth-order valence-corrected chi connectivity index (χ4v) is 1.89. The number of aliphatic hydroxyl groups excluding tert-OH is 1. The van der Waals surface area contributed by atoms with E-state index in [1.54, 1.807) is 0 Å². The van der Waals surface area contributed by atoms with Gasteiger partial charge in [0.25, 0.3) is 0 Å². The molecule has 2 atom stereocenters. The highest BCUT2D eigenvalue weighted by atomic mass is 16.6. The zero-order valence-corrected chi connectivity index (χ0v) is 9.56. The second-order valence-corrected chi connectivity index (χ2v) is 4.44. The Morgan fingerprint density at radius 1 is 1.44 bits per heavy atom. The molecule has 1 aliphatic heterocycles. The van der Waals surface area contributed by atoms with E-state index in [4.69, 9.17) is 9.47 Å². The van der Waals surface area contributed by atoms with Crippen LogP contribution >= 0.6 is 0 Å². The van der Waals surface area contributed by atoms with Crippen LogP contribution in [0.3, 0.4) is 0 Å². The molecule has 0 bridgehead atoms. The molecule has 16 heavy (non-hydrogen) atoms. The van der Waals surface area contributed by atoms with Crippen LogP contribution in [0.5, 0.6) is 0 Å². The quantitative estimate of drug-likeness (QED) is 0.843. The molecule has 3 heteroatoms. The van der Waals surface area contributed by atoms with Gasteiger partial charge in [0.05, 0.1) is 25.9 Å². The summed E-state index contributed by atoms with van der Waals surface area (Å²) >= 11 is 0. The molecule has 1 fully saturated rings. The van der Waals surface area contributed by atoms with E-state index in [0.717, 1.165) is 5.56 Å². The van der Waals surface area contributed by atoms with Crippen molar-refractivity contribution in [1.29, 1.82) is 0 Å². The van der Waals surface area contributed by atoms with E-state index in [2.05, 4.69) is 0 Å². The fourth-order valence-electron chi connectivity index (χ4n) is 1.89. The van der Waals surface area contributed by atoms with Gasteiger partial charge >= 0.3 is 0 Å². The van der Waals surface area contributed by atoms with Crippen molar-refractivity contribution in [2.75, 3.05) is 13.2 Å². The molecule has 0 aliphatic carbocycles. The summed E-state index contributed by atoms with van der Waals surface area (Å²) in [7, 11) is 0. The predicted octanol–water partition coefficient (Wildman–Crippen LogP) is 1.74. The zero-order valence-electron chi connectivity index (χ0n) is 9.56. The second-order valence-electron chi connectivity index (χ2n) is 4.44. The third kappa shape index (κ3) is 2.61. The number of benzene rings is 1. The van der Waals surface area contributed by atoms with Crippen molar-refractivity contribution in [3.63, 3.8) is 0 Å². The van der Waals surface area contributed by atoms with E-state index in [0.29, 0.717) is 26.2 Å². The van der Waals surface area contributed by atoms with Crippen molar-refractivity contribution in [1.82, 2.24) is 0 Å². The first-order valence-electron chi connectivity index (χ1n) is 5.64. The van der Waals surface area contributed by atoms with Gasteiger partial charge in [-0.1, -0.05) is 30.3 Å². The Morgan fingerprint density at radius 3 is 2.81 bits per heavy atom. The van der Waals surface area contributed by atoms with Crippen LogP contribution in [0.25, 0.3) is 0 Å². The standard InChI is InChI=1S/C13H18O3/c1-13(12(14)7-8-16-13)10-15-9-11-5-3-2-4-6-11/h2-6,12,14H,7-10H2,1H3/t12-,13+/m0/s1. The zero-order chi connectivity index (χ0) is 11.4. The van der Waals surface area contributed by atoms with Crippen LogP contribution in [-0.4, -0.2) is 30.0 Å². The van der Waals surface area contributed by atoms with Crippen molar-refractivity contribution in [2.24, 2.45) is 0 Å². The Kier molecular flexibility index (Phi) is 3.59. The molecule has 2 rings (SSSR count). The van der Waals surface area contributed by atoms with Crippen LogP contribution < -0.4 is 0 Å². The van der Waals surface area contributed by atoms with Crippen LogP contribution in [0.1, 0.15) is 18.9 Å². The molecular formula is C13H18O3. The molecule has 3 nitrogen and oxygen atoms in total. The van der Waals surface area contributed by atoms with Crippen molar-refractivity contribution in [3.05, 3.63) is 35.9 Å². The number of hydrogen-bond acceptors (Lipinski definition) is 3. The minimum absolute atomic E-state index is 0.414. The summed E-state index contributed by atoms with van der Waals surface area (Å²) < 4.78 is 11.1. The summed E-state index contributed by atoms with van der Waals surface area (Å²) in [5, 5.41) is 9.74. The van der Waals surface area contributed by atoms with Gasteiger partial charge in [0, 0.05) is 0 Å². The van der Waals surface area contributed by atoms with Gasteiger partial charge in [-0.2, -0.15) is 0 Å². The lowest BCUT2D eigenvalue weighted by molar-refractivity contribution is -0.0991. The lowest BCUT2D eigenvalue weighted by Crippen LogP contribution is -2.40. The van der Waals surface area contributed by atoms with Gasteiger partial charge in [-0.3, -0.25) is 0 Å². The molecule has 1 aromatic carbocycles. The lowest BCUT2D eigenvalue weighted by Gasteiger charge is -2.26. The Morgan fingerprint density at radius 2 is 2.19 bits per heavy atom. The van der Waals surface area contributed by atoms with E-state index in [1.807, 2.05) is 37.3 Å². The fraction of sp³-hybridized carbons (Fsp3) is 0.538. The lowest BCUT2D eigenvalue weighted by atomic mass is 10.0. The molecule has 1 N–H and O–H groups in total. The SMILES string of the molecule is C[C@]1(COCc2ccccc2)OCC[C@@H]1O. The summed E-state index contributed by atoms with van der Waals surface area (Å²) in [5.74, 6) is 0. The molecule has 0 saturated carbocycles. The largest absolute Gasteiger partial charge is 0.390 e. The average molecular weight is 222 g/mol. The molecule has 0 amide bonds. The van der Waals surface area contributed by atoms with Crippen molar-refractivity contribution in [2.45, 2.75) is 31.7 Å². The Hall–Kier alpha value is -0.900. The van der Waals surface area contributed by atoms with Crippen LogP contribution in [-0.2, 0) is 16.1 Å². The number of hydrogen-bond donors (Lipinski definition) is 1. The highest BCUT2D eigenvalue weighted by molar-refractivity contribution is 5.13. The molecular weight excluding hydrogens is 204 g/mol. The molecule has 0 radical (unpaired) electrons. The van der Waals surface area contributed by atoms with Crippen LogP contribution in [0.15, 0.2) is 30.3 Å². The third-order valence-electron chi connectivity index (χ3n) is 3.03. The van der Waals surface area contributed by atoms with Gasteiger partial charge in [0.2, 0.25) is 0 Å². The second kappa shape index (κ2) is 4.95. The van der Waals surface area contributed by atoms with Gasteiger partial charge < -0.3 is 14.6 Å². The summed E-state index contributed by atoms with van der Waals surface area (Å²) in [5.41, 5.74) is 0.605. The van der Waals surface area contributed by atoms with E-state index < -0.39 is 11.7 Å². The molecule has 1 aromatic rings. The minimum atomic E-state index is -0.533. The first-order valence-corrected chi connectivity index (χ1v) is 5.64. The van der Waals surface area contributed by atoms with Gasteiger partial charge in [0.1, 0.15) is 5.60 Å². The van der Waals surface area contributed by atoms with Crippen molar-refractivity contribution >= 4 is 0 Å². The number of rotatable bonds is 4. The van der Waals surface area contributed by atoms with E-state index in [1.165, 1.54) is 0 Å². The maximum absolute atomic E-state index is 9.74. The van der Waals surface area contributed by atoms with Gasteiger partial charge in [-0.05, 0) is 18.9 Å². The predicted molar refractivity (Wildman–Crippen MR) is 61.1 cm³/mol. The van der Waals surface area contributed by atoms with Crippen LogP contribution in [0, 0.1) is 0 Å². The molecule has 0 spiro atoms. The Balaban J connectivity index is 1.80. The maximum Gasteiger partial charge on any atom is 0.114 e. The molecule has 1 heterocycles. The van der Waals surface area contributed by atoms with Gasteiger partial charge in [0.15, 0.2) is 0 Å². The van der Waals surface area contributed by atoms with Gasteiger partial charge in [-0.15, -0.1) is 0 Å². The normalized spacial score (nSPS) is 29.5. The van der Waals surface area contributed by atoms with Crippen LogP contribution in [0.2, 0.25) is 0 Å². The molecule has 1 saturated heterocycles. The van der Waals surface area contributed by atoms with Crippen LogP contribution in [0.4, 0.5) is 0 Å². The van der Waals surface area contributed by atoms with Gasteiger partial charge in [-0.25, -0.2) is 0 Å². The topological polar surface area (TPSA) is 38.7 Å². The average Bonchev–Trinajstić information content (AvgIpc) is 2.61. The van der Waals surface area contributed by atoms with E-state index >= 15 is 0 Å². The Labute approximate surface area is 96.0 Å². The molecule has 0 aromatic heterocycles. The van der Waals surface area contributed by atoms with E-state index in [-0.39, 0.29) is 0 Å². The monoisotopic (exact) mass is 222 g/mol. The molecule has 0 unspecified atom stereocenters. The first kappa shape index (κ1) is 11.6. The summed E-state index contributed by atoms with van der Waals surface area (Å²) in [6.45, 7) is 3.51. The smallest absolute Gasteiger partial charge is 0.114 e. The number of aliphatic hydroxyl groups is 1.